The molecule has 0 saturated carbocycles. The van der Waals surface area contributed by atoms with Crippen LogP contribution in [0.3, 0.4) is 0 Å². The van der Waals surface area contributed by atoms with Crippen molar-refractivity contribution in [1.82, 2.24) is 14.6 Å². The van der Waals surface area contributed by atoms with Crippen LogP contribution in [0.5, 0.6) is 0 Å². The minimum Gasteiger partial charge on any atom is -0.307 e. The third-order valence-electron chi connectivity index (χ3n) is 2.52. The van der Waals surface area contributed by atoms with Crippen LogP contribution in [0.15, 0.2) is 41.2 Å². The Kier molecular flexibility index (Phi) is 2.02. The molecule has 3 aromatic rings. The molecule has 3 rings (SSSR count). The molecule has 1 aromatic carbocycles. The van der Waals surface area contributed by atoms with Crippen LogP contribution in [-0.2, 0) is 0 Å². The van der Waals surface area contributed by atoms with Gasteiger partial charge in [0.25, 0.3) is 5.56 Å². The quantitative estimate of drug-likeness (QED) is 0.360. The Labute approximate surface area is 95.7 Å². The second-order valence-electron chi connectivity index (χ2n) is 3.57. The summed E-state index contributed by atoms with van der Waals surface area (Å²) in [5.74, 6) is 5.67. The van der Waals surface area contributed by atoms with Gasteiger partial charge in [-0.2, -0.15) is 4.52 Å². The van der Waals surface area contributed by atoms with Crippen molar-refractivity contribution in [3.8, 4) is 0 Å². The Morgan fingerprint density at radius 3 is 2.82 bits per heavy atom. The molecule has 6 heteroatoms. The molecule has 0 aliphatic heterocycles. The zero-order valence-corrected chi connectivity index (χ0v) is 8.79. The number of hydrogen-bond donors (Lipinski definition) is 2. The molecule has 2 aromatic heterocycles. The van der Waals surface area contributed by atoms with Crippen LogP contribution in [0.1, 0.15) is 0 Å². The van der Waals surface area contributed by atoms with Crippen LogP contribution in [-0.4, -0.2) is 14.6 Å². The van der Waals surface area contributed by atoms with E-state index in [2.05, 4.69) is 15.5 Å². The molecular weight excluding hydrogens is 218 g/mol. The fourth-order valence-electron chi connectivity index (χ4n) is 1.72. The van der Waals surface area contributed by atoms with Crippen molar-refractivity contribution in [3.05, 3.63) is 46.8 Å². The maximum absolute atomic E-state index is 12.1. The highest BCUT2D eigenvalue weighted by Crippen LogP contribution is 2.09. The maximum atomic E-state index is 12.1. The Morgan fingerprint density at radius 1 is 1.18 bits per heavy atom. The highest BCUT2D eigenvalue weighted by atomic mass is 16.1. The maximum Gasteiger partial charge on any atom is 0.282 e. The molecule has 0 atom stereocenters. The number of para-hydroxylation sites is 1. The number of nitrogen functional groups attached to an aromatic ring is 1. The number of nitrogens with zero attached hydrogens (tertiary/aromatic N) is 3. The van der Waals surface area contributed by atoms with Gasteiger partial charge in [0.2, 0.25) is 0 Å². The lowest BCUT2D eigenvalue weighted by atomic mass is 10.2. The fourth-order valence-corrected chi connectivity index (χ4v) is 1.72. The fraction of sp³-hybridized carbons (Fsp3) is 0. The number of rotatable bonds is 1. The summed E-state index contributed by atoms with van der Waals surface area (Å²) in [6.07, 6.45) is 0. The van der Waals surface area contributed by atoms with Crippen LogP contribution in [0.2, 0.25) is 0 Å². The predicted octanol–water partition coefficient (Wildman–Crippen LogP) is 0.528. The molecule has 0 amide bonds. The van der Waals surface area contributed by atoms with Crippen LogP contribution < -0.4 is 16.8 Å². The molecule has 3 N–H and O–H groups in total. The molecular formula is C11H9N5O. The topological polar surface area (TPSA) is 85.3 Å². The smallest absolute Gasteiger partial charge is 0.282 e. The van der Waals surface area contributed by atoms with Gasteiger partial charge < -0.3 is 5.43 Å². The lowest BCUT2D eigenvalue weighted by Crippen LogP contribution is -2.20. The molecule has 0 radical (unpaired) electrons. The summed E-state index contributed by atoms with van der Waals surface area (Å²) in [4.78, 5) is 16.5. The number of anilines is 1. The number of nitrogens with one attached hydrogen (secondary N) is 1. The van der Waals surface area contributed by atoms with Gasteiger partial charge in [-0.05, 0) is 24.3 Å². The molecule has 0 saturated heterocycles. The van der Waals surface area contributed by atoms with Crippen LogP contribution in [0, 0.1) is 0 Å². The summed E-state index contributed by atoms with van der Waals surface area (Å²) < 4.78 is 1.23. The highest BCUT2D eigenvalue weighted by Gasteiger charge is 2.05. The number of hydrazine groups is 1. The Morgan fingerprint density at radius 2 is 2.00 bits per heavy atom. The first-order valence-electron chi connectivity index (χ1n) is 5.05. The van der Waals surface area contributed by atoms with E-state index in [9.17, 15) is 4.79 Å². The van der Waals surface area contributed by atoms with Crippen molar-refractivity contribution in [2.45, 2.75) is 0 Å². The van der Waals surface area contributed by atoms with E-state index in [-0.39, 0.29) is 5.56 Å². The molecule has 0 bridgehead atoms. The van der Waals surface area contributed by atoms with Gasteiger partial charge >= 0.3 is 0 Å². The molecule has 0 aliphatic rings. The molecule has 2 heterocycles. The van der Waals surface area contributed by atoms with E-state index in [1.54, 1.807) is 30.3 Å². The Bertz CT molecular complexity index is 764. The van der Waals surface area contributed by atoms with Crippen molar-refractivity contribution in [3.63, 3.8) is 0 Å². The van der Waals surface area contributed by atoms with Crippen LogP contribution >= 0.6 is 0 Å². The zero-order valence-electron chi connectivity index (χ0n) is 8.79. The number of nitrogens with two attached hydrogens (primary N) is 1. The summed E-state index contributed by atoms with van der Waals surface area (Å²) in [5.41, 5.74) is 3.34. The summed E-state index contributed by atoms with van der Waals surface area (Å²) in [6, 6.07) is 10.5. The minimum absolute atomic E-state index is 0.206. The lowest BCUT2D eigenvalue weighted by molar-refractivity contribution is 0.881. The first kappa shape index (κ1) is 9.73. The van der Waals surface area contributed by atoms with Crippen molar-refractivity contribution in [1.29, 1.82) is 0 Å². The summed E-state index contributed by atoms with van der Waals surface area (Å²) in [7, 11) is 0. The van der Waals surface area contributed by atoms with Crippen molar-refractivity contribution >= 4 is 22.4 Å². The van der Waals surface area contributed by atoms with E-state index in [1.807, 2.05) is 6.07 Å². The highest BCUT2D eigenvalue weighted by molar-refractivity contribution is 5.79. The van der Waals surface area contributed by atoms with Gasteiger partial charge in [-0.15, -0.1) is 5.10 Å². The van der Waals surface area contributed by atoms with Gasteiger partial charge in [0, 0.05) is 0 Å². The standard InChI is InChI=1S/C11H9N5O/c12-14-9-5-6-10-13-8-4-2-1-3-7(8)11(17)16(10)15-9/h1-6H,12H2,(H,14,15). The molecule has 0 aliphatic carbocycles. The van der Waals surface area contributed by atoms with Crippen molar-refractivity contribution in [2.75, 3.05) is 5.43 Å². The number of aromatic nitrogens is 3. The average molecular weight is 227 g/mol. The van der Waals surface area contributed by atoms with E-state index in [4.69, 9.17) is 5.84 Å². The van der Waals surface area contributed by atoms with E-state index < -0.39 is 0 Å². The molecule has 6 nitrogen and oxygen atoms in total. The third kappa shape index (κ3) is 1.42. The average Bonchev–Trinajstić information content (AvgIpc) is 2.39. The van der Waals surface area contributed by atoms with Gasteiger partial charge in [-0.1, -0.05) is 12.1 Å². The third-order valence-corrected chi connectivity index (χ3v) is 2.52. The molecule has 17 heavy (non-hydrogen) atoms. The van der Waals surface area contributed by atoms with Gasteiger partial charge in [0.15, 0.2) is 11.5 Å². The van der Waals surface area contributed by atoms with Crippen molar-refractivity contribution in [2.24, 2.45) is 5.84 Å². The van der Waals surface area contributed by atoms with E-state index in [0.29, 0.717) is 22.4 Å². The number of benzene rings is 1. The summed E-state index contributed by atoms with van der Waals surface area (Å²) in [5, 5.41) is 4.58. The summed E-state index contributed by atoms with van der Waals surface area (Å²) >= 11 is 0. The largest absolute Gasteiger partial charge is 0.307 e. The Hall–Kier alpha value is -2.47. The zero-order chi connectivity index (χ0) is 11.8. The van der Waals surface area contributed by atoms with E-state index in [0.717, 1.165) is 0 Å². The van der Waals surface area contributed by atoms with Crippen LogP contribution in [0.4, 0.5) is 5.82 Å². The monoisotopic (exact) mass is 227 g/mol. The van der Waals surface area contributed by atoms with Gasteiger partial charge in [0.05, 0.1) is 10.9 Å². The van der Waals surface area contributed by atoms with E-state index >= 15 is 0 Å². The second-order valence-corrected chi connectivity index (χ2v) is 3.57. The summed E-state index contributed by atoms with van der Waals surface area (Å²) in [6.45, 7) is 0. The van der Waals surface area contributed by atoms with Gasteiger partial charge in [-0.25, -0.2) is 10.8 Å². The second kappa shape index (κ2) is 3.53. The molecule has 84 valence electrons. The minimum atomic E-state index is -0.206. The van der Waals surface area contributed by atoms with Gasteiger partial charge in [0.1, 0.15) is 0 Å². The van der Waals surface area contributed by atoms with Crippen molar-refractivity contribution < 1.29 is 0 Å². The first-order chi connectivity index (χ1) is 8.29. The molecule has 0 spiro atoms. The SMILES string of the molecule is NNc1ccc2nc3ccccc3c(=O)n2n1. The predicted molar refractivity (Wildman–Crippen MR) is 64.6 cm³/mol. The molecule has 0 unspecified atom stereocenters. The number of hydrogen-bond acceptors (Lipinski definition) is 5. The Balaban J connectivity index is 2.51. The van der Waals surface area contributed by atoms with Gasteiger partial charge in [-0.3, -0.25) is 4.79 Å². The first-order valence-corrected chi connectivity index (χ1v) is 5.05. The van der Waals surface area contributed by atoms with E-state index in [1.165, 1.54) is 4.52 Å². The molecule has 0 fully saturated rings. The normalized spacial score (nSPS) is 10.9. The number of fused-ring (bicyclic) bond motifs is 2. The lowest BCUT2D eigenvalue weighted by Gasteiger charge is -2.04. The van der Waals surface area contributed by atoms with Crippen LogP contribution in [0.25, 0.3) is 16.6 Å².